The third-order valence-corrected chi connectivity index (χ3v) is 7.24. The van der Waals surface area contributed by atoms with E-state index >= 15 is 0 Å². The maximum atomic E-state index is 13.6. The van der Waals surface area contributed by atoms with Gasteiger partial charge in [-0.25, -0.2) is 14.4 Å². The quantitative estimate of drug-likeness (QED) is 0.347. The fourth-order valence-corrected chi connectivity index (χ4v) is 5.15. The number of fused-ring (bicyclic) bond motifs is 1. The van der Waals surface area contributed by atoms with E-state index < -0.39 is 11.7 Å². The number of hydrogen-bond donors (Lipinski definition) is 3. The molecule has 5 rings (SSSR count). The minimum atomic E-state index is -0.497. The average molecular weight is 503 g/mol. The van der Waals surface area contributed by atoms with Crippen molar-refractivity contribution in [3.05, 3.63) is 77.6 Å². The molecule has 8 nitrogen and oxygen atoms in total. The Morgan fingerprint density at radius 2 is 1.92 bits per heavy atom. The number of anilines is 1. The van der Waals surface area contributed by atoms with Gasteiger partial charge in [-0.3, -0.25) is 9.20 Å². The number of carbonyl (C=O) groups is 1. The number of rotatable bonds is 7. The van der Waals surface area contributed by atoms with Gasteiger partial charge in [0.05, 0.1) is 12.7 Å². The van der Waals surface area contributed by atoms with E-state index in [-0.39, 0.29) is 12.1 Å². The molecule has 192 valence electrons. The van der Waals surface area contributed by atoms with Crippen LogP contribution in [0.3, 0.4) is 0 Å². The molecule has 2 aromatic heterocycles. The molecule has 1 fully saturated rings. The Kier molecular flexibility index (Phi) is 7.05. The highest BCUT2D eigenvalue weighted by Crippen LogP contribution is 2.38. The molecule has 2 heterocycles. The van der Waals surface area contributed by atoms with Crippen LogP contribution < -0.4 is 21.5 Å². The van der Waals surface area contributed by atoms with E-state index in [1.807, 2.05) is 30.5 Å². The Bertz CT molecular complexity index is 1410. The topological polar surface area (TPSA) is 121 Å². The number of nitrogens with one attached hydrogen (secondary N) is 1. The highest BCUT2D eigenvalue weighted by atomic mass is 19.1. The van der Waals surface area contributed by atoms with E-state index in [0.29, 0.717) is 23.4 Å². The van der Waals surface area contributed by atoms with Crippen molar-refractivity contribution in [2.45, 2.75) is 38.1 Å². The predicted molar refractivity (Wildman–Crippen MR) is 141 cm³/mol. The summed E-state index contributed by atoms with van der Waals surface area (Å²) in [5.74, 6) is 1.79. The Labute approximate surface area is 214 Å². The summed E-state index contributed by atoms with van der Waals surface area (Å²) in [6.07, 6.45) is 7.95. The summed E-state index contributed by atoms with van der Waals surface area (Å²) >= 11 is 0. The van der Waals surface area contributed by atoms with Crippen molar-refractivity contribution in [1.82, 2.24) is 19.7 Å². The Balaban J connectivity index is 1.36. The van der Waals surface area contributed by atoms with Crippen LogP contribution in [0.2, 0.25) is 0 Å². The molecule has 1 aliphatic carbocycles. The van der Waals surface area contributed by atoms with E-state index in [4.69, 9.17) is 21.2 Å². The molecule has 0 saturated heterocycles. The molecule has 37 heavy (non-hydrogen) atoms. The first-order valence-corrected chi connectivity index (χ1v) is 12.5. The van der Waals surface area contributed by atoms with Crippen molar-refractivity contribution < 1.29 is 13.9 Å². The lowest BCUT2D eigenvalue weighted by molar-refractivity contribution is 0.0947. The van der Waals surface area contributed by atoms with Gasteiger partial charge in [0.15, 0.2) is 0 Å². The summed E-state index contributed by atoms with van der Waals surface area (Å²) in [7, 11) is 1.45. The third kappa shape index (κ3) is 4.99. The number of nitrogens with two attached hydrogens (primary N) is 2. The van der Waals surface area contributed by atoms with E-state index in [1.165, 1.54) is 25.3 Å². The predicted octanol–water partition coefficient (Wildman–Crippen LogP) is 4.29. The van der Waals surface area contributed by atoms with Crippen LogP contribution in [0, 0.1) is 11.7 Å². The molecular formula is C28H31FN6O2. The zero-order chi connectivity index (χ0) is 25.9. The molecule has 0 atom stereocenters. The minimum Gasteiger partial charge on any atom is -0.496 e. The molecule has 0 spiro atoms. The standard InChI is InChI=1S/C28H31FN6O2/c1-37-23-11-10-21(29)14-22(23)28(36)33-16-18-4-6-19(7-5-18)24-25-26(31)32-12-13-35(25)27(34-24)20-8-2-17(15-30)3-9-20/h4-7,10-14,17,20H,2-3,8-9,15-16,30H2,1H3,(H2,31,32)(H,33,36)/t17-,20-. The number of halogens is 1. The second kappa shape index (κ2) is 10.6. The number of carbonyl (C=O) groups excluding carboxylic acids is 1. The molecule has 1 amide bonds. The van der Waals surface area contributed by atoms with Gasteiger partial charge in [-0.1, -0.05) is 24.3 Å². The van der Waals surface area contributed by atoms with Crippen molar-refractivity contribution in [3.63, 3.8) is 0 Å². The summed E-state index contributed by atoms with van der Waals surface area (Å²) in [5.41, 5.74) is 15.8. The van der Waals surface area contributed by atoms with Gasteiger partial charge in [-0.05, 0) is 61.9 Å². The van der Waals surface area contributed by atoms with E-state index in [0.717, 1.165) is 60.4 Å². The van der Waals surface area contributed by atoms with Gasteiger partial charge in [-0.15, -0.1) is 0 Å². The SMILES string of the molecule is COc1ccc(F)cc1C(=O)NCc1ccc(-c2nc([C@H]3CC[C@H](CN)CC3)n3ccnc(N)c23)cc1. The monoisotopic (exact) mass is 502 g/mol. The third-order valence-electron chi connectivity index (χ3n) is 7.24. The second-order valence-electron chi connectivity index (χ2n) is 9.53. The van der Waals surface area contributed by atoms with Gasteiger partial charge in [-0.2, -0.15) is 0 Å². The molecule has 0 unspecified atom stereocenters. The van der Waals surface area contributed by atoms with Gasteiger partial charge >= 0.3 is 0 Å². The first kappa shape index (κ1) is 24.7. The molecule has 0 aliphatic heterocycles. The summed E-state index contributed by atoms with van der Waals surface area (Å²) in [5, 5.41) is 2.83. The lowest BCUT2D eigenvalue weighted by Crippen LogP contribution is -2.23. The Morgan fingerprint density at radius 3 is 2.62 bits per heavy atom. The number of hydrogen-bond acceptors (Lipinski definition) is 6. The van der Waals surface area contributed by atoms with Gasteiger partial charge in [0, 0.05) is 30.4 Å². The van der Waals surface area contributed by atoms with Crippen LogP contribution in [0.4, 0.5) is 10.2 Å². The minimum absolute atomic E-state index is 0.152. The fourth-order valence-electron chi connectivity index (χ4n) is 5.15. The molecular weight excluding hydrogens is 471 g/mol. The number of methoxy groups -OCH3 is 1. The van der Waals surface area contributed by atoms with Gasteiger partial charge in [0.2, 0.25) is 0 Å². The summed E-state index contributed by atoms with van der Waals surface area (Å²) in [6.45, 7) is 1.02. The van der Waals surface area contributed by atoms with Gasteiger partial charge in [0.25, 0.3) is 5.91 Å². The molecule has 1 aliphatic rings. The Hall–Kier alpha value is -3.98. The molecule has 0 bridgehead atoms. The number of benzene rings is 2. The van der Waals surface area contributed by atoms with Crippen LogP contribution in [0.5, 0.6) is 5.75 Å². The van der Waals surface area contributed by atoms with E-state index in [1.54, 1.807) is 6.20 Å². The van der Waals surface area contributed by atoms with Crippen LogP contribution in [-0.4, -0.2) is 33.9 Å². The van der Waals surface area contributed by atoms with Crippen molar-refractivity contribution >= 4 is 17.2 Å². The molecule has 4 aromatic rings. The van der Waals surface area contributed by atoms with E-state index in [9.17, 15) is 9.18 Å². The number of nitrogens with zero attached hydrogens (tertiary/aromatic N) is 3. The largest absolute Gasteiger partial charge is 0.496 e. The Morgan fingerprint density at radius 1 is 1.16 bits per heavy atom. The van der Waals surface area contributed by atoms with Crippen LogP contribution >= 0.6 is 0 Å². The van der Waals surface area contributed by atoms with E-state index in [2.05, 4.69) is 14.7 Å². The maximum Gasteiger partial charge on any atom is 0.255 e. The zero-order valence-corrected chi connectivity index (χ0v) is 20.8. The van der Waals surface area contributed by atoms with Crippen molar-refractivity contribution in [3.8, 4) is 17.0 Å². The highest BCUT2D eigenvalue weighted by molar-refractivity contribution is 5.97. The number of ether oxygens (including phenoxy) is 1. The fraction of sp³-hybridized carbons (Fsp3) is 0.321. The number of imidazole rings is 1. The average Bonchev–Trinajstić information content (AvgIpc) is 3.33. The van der Waals surface area contributed by atoms with Crippen LogP contribution in [-0.2, 0) is 6.54 Å². The number of aromatic nitrogens is 3. The number of nitrogen functional groups attached to an aromatic ring is 1. The summed E-state index contributed by atoms with van der Waals surface area (Å²) in [4.78, 5) is 22.0. The molecule has 1 saturated carbocycles. The lowest BCUT2D eigenvalue weighted by atomic mass is 9.81. The summed E-state index contributed by atoms with van der Waals surface area (Å²) < 4.78 is 20.9. The zero-order valence-electron chi connectivity index (χ0n) is 20.8. The molecule has 5 N–H and O–H groups in total. The van der Waals surface area contributed by atoms with Gasteiger partial charge in [0.1, 0.15) is 34.4 Å². The lowest BCUT2D eigenvalue weighted by Gasteiger charge is -2.26. The first-order chi connectivity index (χ1) is 18.0. The van der Waals surface area contributed by atoms with Gasteiger partial charge < -0.3 is 21.5 Å². The first-order valence-electron chi connectivity index (χ1n) is 12.5. The maximum absolute atomic E-state index is 13.6. The van der Waals surface area contributed by atoms with Crippen LogP contribution in [0.15, 0.2) is 54.9 Å². The van der Waals surface area contributed by atoms with Crippen LogP contribution in [0.1, 0.15) is 53.3 Å². The van der Waals surface area contributed by atoms with Crippen LogP contribution in [0.25, 0.3) is 16.8 Å². The van der Waals surface area contributed by atoms with Crippen molar-refractivity contribution in [1.29, 1.82) is 0 Å². The molecule has 9 heteroatoms. The number of amides is 1. The molecule has 2 aromatic carbocycles. The van der Waals surface area contributed by atoms with Crippen molar-refractivity contribution in [2.75, 3.05) is 19.4 Å². The summed E-state index contributed by atoms with van der Waals surface area (Å²) in [6, 6.07) is 11.7. The van der Waals surface area contributed by atoms with Crippen molar-refractivity contribution in [2.24, 2.45) is 11.7 Å². The smallest absolute Gasteiger partial charge is 0.255 e. The molecule has 0 radical (unpaired) electrons. The normalized spacial score (nSPS) is 17.6. The highest BCUT2D eigenvalue weighted by Gasteiger charge is 2.27. The second-order valence-corrected chi connectivity index (χ2v) is 9.53.